The summed E-state index contributed by atoms with van der Waals surface area (Å²) in [5, 5.41) is 0. The third-order valence-corrected chi connectivity index (χ3v) is 4.44. The monoisotopic (exact) mass is 360 g/mol. The Bertz CT molecular complexity index is 839. The molecular formula is C24H24O3. The minimum Gasteiger partial charge on any atom is -0.448 e. The van der Waals surface area contributed by atoms with Gasteiger partial charge in [-0.1, -0.05) is 81.4 Å². The summed E-state index contributed by atoms with van der Waals surface area (Å²) in [6, 6.07) is 26.5. The number of para-hydroxylation sites is 2. The van der Waals surface area contributed by atoms with Crippen molar-refractivity contribution in [3.05, 3.63) is 96.1 Å². The Morgan fingerprint density at radius 2 is 1.11 bits per heavy atom. The van der Waals surface area contributed by atoms with Gasteiger partial charge < -0.3 is 9.47 Å². The Kier molecular flexibility index (Phi) is 5.31. The summed E-state index contributed by atoms with van der Waals surface area (Å²) in [5.74, 6) is 0.140. The van der Waals surface area contributed by atoms with E-state index in [1.807, 2.05) is 99.6 Å². The molecule has 0 aliphatic carbocycles. The van der Waals surface area contributed by atoms with Gasteiger partial charge >= 0.3 is 0 Å². The van der Waals surface area contributed by atoms with Crippen LogP contribution < -0.4 is 9.47 Å². The van der Waals surface area contributed by atoms with Gasteiger partial charge in [0.25, 0.3) is 5.79 Å². The summed E-state index contributed by atoms with van der Waals surface area (Å²) >= 11 is 0. The minimum absolute atomic E-state index is 0.488. The van der Waals surface area contributed by atoms with Crippen molar-refractivity contribution in [1.82, 2.24) is 0 Å². The molecule has 0 spiro atoms. The van der Waals surface area contributed by atoms with E-state index in [1.54, 1.807) is 6.07 Å². The third kappa shape index (κ3) is 3.87. The van der Waals surface area contributed by atoms with E-state index in [4.69, 9.17) is 9.47 Å². The second-order valence-corrected chi connectivity index (χ2v) is 7.40. The van der Waals surface area contributed by atoms with Crippen LogP contribution in [-0.2, 0) is 5.79 Å². The smallest absolute Gasteiger partial charge is 0.283 e. The van der Waals surface area contributed by atoms with Crippen molar-refractivity contribution >= 4 is 6.29 Å². The molecule has 3 heteroatoms. The van der Waals surface area contributed by atoms with E-state index in [2.05, 4.69) is 0 Å². The molecule has 0 aromatic heterocycles. The van der Waals surface area contributed by atoms with Gasteiger partial charge in [0.1, 0.15) is 11.5 Å². The first-order valence-electron chi connectivity index (χ1n) is 8.99. The fourth-order valence-corrected chi connectivity index (χ4v) is 3.05. The molecule has 0 saturated heterocycles. The first-order valence-corrected chi connectivity index (χ1v) is 8.99. The Balaban J connectivity index is 2.22. The fraction of sp³-hybridized carbons (Fsp3) is 0.208. The highest BCUT2D eigenvalue weighted by atomic mass is 16.7. The highest BCUT2D eigenvalue weighted by Crippen LogP contribution is 2.45. The summed E-state index contributed by atoms with van der Waals surface area (Å²) in [6.07, 6.45) is 0.846. The van der Waals surface area contributed by atoms with Crippen molar-refractivity contribution < 1.29 is 14.3 Å². The standard InChI is InChI=1S/C24H24O3/c1-23(2,3)24(26-20-13-6-4-7-14-20,27-21-15-8-5-9-16-21)22-17-11-10-12-19(22)18-25/h4-18H,1-3H3. The highest BCUT2D eigenvalue weighted by molar-refractivity contribution is 5.77. The lowest BCUT2D eigenvalue weighted by molar-refractivity contribution is -0.195. The van der Waals surface area contributed by atoms with E-state index in [-0.39, 0.29) is 0 Å². The zero-order valence-corrected chi connectivity index (χ0v) is 15.9. The molecule has 0 radical (unpaired) electrons. The molecule has 3 rings (SSSR count). The van der Waals surface area contributed by atoms with Crippen LogP contribution in [-0.4, -0.2) is 6.29 Å². The topological polar surface area (TPSA) is 35.5 Å². The van der Waals surface area contributed by atoms with Crippen molar-refractivity contribution in [2.45, 2.75) is 26.6 Å². The Morgan fingerprint density at radius 1 is 0.667 bits per heavy atom. The molecule has 3 nitrogen and oxygen atoms in total. The minimum atomic E-state index is -1.20. The summed E-state index contributed by atoms with van der Waals surface area (Å²) in [5.41, 5.74) is 0.747. The van der Waals surface area contributed by atoms with E-state index in [0.29, 0.717) is 22.6 Å². The largest absolute Gasteiger partial charge is 0.448 e. The molecule has 0 aliphatic rings. The third-order valence-electron chi connectivity index (χ3n) is 4.44. The average molecular weight is 360 g/mol. The molecule has 0 N–H and O–H groups in total. The first-order chi connectivity index (χ1) is 13.0. The maximum Gasteiger partial charge on any atom is 0.283 e. The zero-order chi connectivity index (χ0) is 19.3. The zero-order valence-electron chi connectivity index (χ0n) is 15.9. The molecule has 0 aliphatic heterocycles. The fourth-order valence-electron chi connectivity index (χ4n) is 3.05. The molecular weight excluding hydrogens is 336 g/mol. The van der Waals surface area contributed by atoms with Crippen LogP contribution in [0, 0.1) is 5.41 Å². The van der Waals surface area contributed by atoms with Crippen molar-refractivity contribution in [3.63, 3.8) is 0 Å². The predicted molar refractivity (Wildman–Crippen MR) is 107 cm³/mol. The van der Waals surface area contributed by atoms with Crippen molar-refractivity contribution in [2.24, 2.45) is 5.41 Å². The molecule has 0 amide bonds. The molecule has 0 heterocycles. The molecule has 0 bridgehead atoms. The van der Waals surface area contributed by atoms with Gasteiger partial charge in [0, 0.05) is 16.5 Å². The lowest BCUT2D eigenvalue weighted by atomic mass is 9.79. The summed E-state index contributed by atoms with van der Waals surface area (Å²) < 4.78 is 13.0. The van der Waals surface area contributed by atoms with Crippen molar-refractivity contribution in [3.8, 4) is 11.5 Å². The van der Waals surface area contributed by atoms with Gasteiger partial charge in [-0.3, -0.25) is 4.79 Å². The normalized spacial score (nSPS) is 11.7. The van der Waals surface area contributed by atoms with Crippen LogP contribution in [0.4, 0.5) is 0 Å². The molecule has 0 fully saturated rings. The maximum atomic E-state index is 11.8. The number of carbonyl (C=O) groups is 1. The van der Waals surface area contributed by atoms with Crippen LogP contribution in [0.1, 0.15) is 36.7 Å². The van der Waals surface area contributed by atoms with Crippen LogP contribution in [0.25, 0.3) is 0 Å². The van der Waals surface area contributed by atoms with Gasteiger partial charge in [-0.05, 0) is 24.3 Å². The Morgan fingerprint density at radius 3 is 1.56 bits per heavy atom. The lowest BCUT2D eigenvalue weighted by Crippen LogP contribution is -2.51. The number of benzene rings is 3. The summed E-state index contributed by atoms with van der Waals surface area (Å²) in [6.45, 7) is 6.13. The van der Waals surface area contributed by atoms with Gasteiger partial charge in [0.15, 0.2) is 6.29 Å². The summed E-state index contributed by atoms with van der Waals surface area (Å²) in [4.78, 5) is 11.8. The Hall–Kier alpha value is -3.07. The van der Waals surface area contributed by atoms with Crippen LogP contribution in [0.15, 0.2) is 84.9 Å². The van der Waals surface area contributed by atoms with E-state index in [0.717, 1.165) is 6.29 Å². The second-order valence-electron chi connectivity index (χ2n) is 7.40. The van der Waals surface area contributed by atoms with Crippen LogP contribution in [0.3, 0.4) is 0 Å². The molecule has 3 aromatic carbocycles. The quantitative estimate of drug-likeness (QED) is 0.408. The van der Waals surface area contributed by atoms with Crippen molar-refractivity contribution in [2.75, 3.05) is 0 Å². The van der Waals surface area contributed by atoms with Crippen LogP contribution in [0.2, 0.25) is 0 Å². The van der Waals surface area contributed by atoms with Crippen LogP contribution in [0.5, 0.6) is 11.5 Å². The molecule has 27 heavy (non-hydrogen) atoms. The summed E-state index contributed by atoms with van der Waals surface area (Å²) in [7, 11) is 0. The van der Waals surface area contributed by atoms with Gasteiger partial charge in [-0.2, -0.15) is 0 Å². The number of ether oxygens (including phenoxy) is 2. The van der Waals surface area contributed by atoms with E-state index in [9.17, 15) is 4.79 Å². The molecule has 0 unspecified atom stereocenters. The van der Waals surface area contributed by atoms with Gasteiger partial charge in [0.05, 0.1) is 0 Å². The number of aldehydes is 1. The number of rotatable bonds is 6. The number of hydrogen-bond acceptors (Lipinski definition) is 3. The number of hydrogen-bond donors (Lipinski definition) is 0. The molecule has 3 aromatic rings. The Labute approximate surface area is 160 Å². The number of carbonyl (C=O) groups excluding carboxylic acids is 1. The first kappa shape index (κ1) is 18.7. The van der Waals surface area contributed by atoms with E-state index >= 15 is 0 Å². The predicted octanol–water partition coefficient (Wildman–Crippen LogP) is 5.86. The van der Waals surface area contributed by atoms with E-state index < -0.39 is 11.2 Å². The van der Waals surface area contributed by atoms with Crippen molar-refractivity contribution in [1.29, 1.82) is 0 Å². The highest BCUT2D eigenvalue weighted by Gasteiger charge is 2.50. The van der Waals surface area contributed by atoms with E-state index in [1.165, 1.54) is 0 Å². The van der Waals surface area contributed by atoms with Gasteiger partial charge in [-0.15, -0.1) is 0 Å². The SMILES string of the molecule is CC(C)(C)C(Oc1ccccc1)(Oc1ccccc1)c1ccccc1C=O. The average Bonchev–Trinajstić information content (AvgIpc) is 2.68. The second kappa shape index (κ2) is 7.67. The van der Waals surface area contributed by atoms with Gasteiger partial charge in [0.2, 0.25) is 0 Å². The molecule has 0 atom stereocenters. The van der Waals surface area contributed by atoms with Crippen LogP contribution >= 0.6 is 0 Å². The maximum absolute atomic E-state index is 11.8. The lowest BCUT2D eigenvalue weighted by Gasteiger charge is -2.44. The van der Waals surface area contributed by atoms with Gasteiger partial charge in [-0.25, -0.2) is 0 Å². The molecule has 0 saturated carbocycles. The molecule has 138 valence electrons.